The molecule has 0 radical (unpaired) electrons. The zero-order valence-corrected chi connectivity index (χ0v) is 11.0. The van der Waals surface area contributed by atoms with Crippen LogP contribution in [0.15, 0.2) is 41.2 Å². The van der Waals surface area contributed by atoms with Gasteiger partial charge in [0.25, 0.3) is 5.56 Å². The molecule has 0 amide bonds. The van der Waals surface area contributed by atoms with Gasteiger partial charge in [0.15, 0.2) is 0 Å². The summed E-state index contributed by atoms with van der Waals surface area (Å²) >= 11 is 0. The Labute approximate surface area is 111 Å². The van der Waals surface area contributed by atoms with Crippen LogP contribution in [0.25, 0.3) is 10.9 Å². The number of aromatic nitrogens is 1. The van der Waals surface area contributed by atoms with E-state index in [0.29, 0.717) is 5.56 Å². The summed E-state index contributed by atoms with van der Waals surface area (Å²) in [6.45, 7) is 0. The van der Waals surface area contributed by atoms with Gasteiger partial charge in [-0.25, -0.2) is 0 Å². The molecule has 1 aliphatic rings. The fourth-order valence-electron chi connectivity index (χ4n) is 2.89. The molecule has 1 aliphatic carbocycles. The van der Waals surface area contributed by atoms with E-state index in [2.05, 4.69) is 12.2 Å². The third-order valence-corrected chi connectivity index (χ3v) is 3.94. The molecule has 3 nitrogen and oxygen atoms in total. The first kappa shape index (κ1) is 12.0. The van der Waals surface area contributed by atoms with Crippen LogP contribution in [0.5, 0.6) is 5.75 Å². The average molecular weight is 255 g/mol. The van der Waals surface area contributed by atoms with Gasteiger partial charge in [-0.3, -0.25) is 4.79 Å². The van der Waals surface area contributed by atoms with E-state index in [1.54, 1.807) is 11.6 Å². The maximum Gasteiger partial charge on any atom is 0.258 e. The summed E-state index contributed by atoms with van der Waals surface area (Å²) in [6, 6.07) is 7.48. The van der Waals surface area contributed by atoms with Gasteiger partial charge < -0.3 is 9.67 Å². The summed E-state index contributed by atoms with van der Waals surface area (Å²) in [5.41, 5.74) is 1.22. The third-order valence-electron chi connectivity index (χ3n) is 3.94. The topological polar surface area (TPSA) is 42.2 Å². The molecular formula is C16H17NO2. The molecule has 1 atom stereocenters. The van der Waals surface area contributed by atoms with Crippen molar-refractivity contribution < 1.29 is 5.11 Å². The molecule has 1 aromatic heterocycles. The van der Waals surface area contributed by atoms with Crippen LogP contribution in [0.4, 0.5) is 0 Å². The van der Waals surface area contributed by atoms with Crippen molar-refractivity contribution in [3.63, 3.8) is 0 Å². The number of aryl methyl sites for hydroxylation is 1. The Kier molecular flexibility index (Phi) is 2.90. The number of rotatable bonds is 1. The number of hydrogen-bond acceptors (Lipinski definition) is 2. The molecule has 3 heteroatoms. The van der Waals surface area contributed by atoms with E-state index in [4.69, 9.17) is 0 Å². The molecule has 0 spiro atoms. The van der Waals surface area contributed by atoms with E-state index in [9.17, 15) is 9.90 Å². The Morgan fingerprint density at radius 1 is 1.32 bits per heavy atom. The average Bonchev–Trinajstić information content (AvgIpc) is 2.46. The van der Waals surface area contributed by atoms with Crippen LogP contribution in [0.3, 0.4) is 0 Å². The molecule has 0 saturated heterocycles. The molecule has 19 heavy (non-hydrogen) atoms. The number of hydrogen-bond donors (Lipinski definition) is 1. The van der Waals surface area contributed by atoms with Gasteiger partial charge in [-0.2, -0.15) is 0 Å². The van der Waals surface area contributed by atoms with E-state index >= 15 is 0 Å². The minimum atomic E-state index is -0.0900. The van der Waals surface area contributed by atoms with E-state index in [0.717, 1.165) is 30.2 Å². The van der Waals surface area contributed by atoms with Crippen molar-refractivity contribution in [3.8, 4) is 5.75 Å². The highest BCUT2D eigenvalue weighted by atomic mass is 16.3. The van der Waals surface area contributed by atoms with E-state index < -0.39 is 0 Å². The lowest BCUT2D eigenvalue weighted by Gasteiger charge is -2.19. The lowest BCUT2D eigenvalue weighted by Crippen LogP contribution is -2.24. The minimum absolute atomic E-state index is 0.0389. The predicted molar refractivity (Wildman–Crippen MR) is 76.6 cm³/mol. The molecule has 0 bridgehead atoms. The molecule has 2 aromatic rings. The van der Waals surface area contributed by atoms with Crippen LogP contribution < -0.4 is 5.56 Å². The van der Waals surface area contributed by atoms with Gasteiger partial charge in [0.05, 0.1) is 11.1 Å². The van der Waals surface area contributed by atoms with Gasteiger partial charge in [0.1, 0.15) is 5.75 Å². The molecule has 1 heterocycles. The summed E-state index contributed by atoms with van der Waals surface area (Å²) < 4.78 is 1.63. The van der Waals surface area contributed by atoms with Gasteiger partial charge in [0, 0.05) is 18.4 Å². The normalized spacial score (nSPS) is 18.9. The Hall–Kier alpha value is -2.03. The first-order valence-corrected chi connectivity index (χ1v) is 6.67. The number of benzene rings is 1. The quantitative estimate of drug-likeness (QED) is 0.796. The zero-order chi connectivity index (χ0) is 13.4. The Bertz CT molecular complexity index is 712. The Morgan fingerprint density at radius 3 is 2.84 bits per heavy atom. The standard InChI is InChI=1S/C16H17NO2/c1-17-13-10-6-5-9-12(13)15(18)14(16(17)19)11-7-3-2-4-8-11/h3,5-7,9-11,18H,2,4,8H2,1H3/t11-/m0/s1. The van der Waals surface area contributed by atoms with Crippen molar-refractivity contribution in [3.05, 3.63) is 52.3 Å². The molecule has 1 N–H and O–H groups in total. The summed E-state index contributed by atoms with van der Waals surface area (Å²) in [4.78, 5) is 12.5. The lowest BCUT2D eigenvalue weighted by molar-refractivity contribution is 0.464. The number of nitrogens with zero attached hydrogens (tertiary/aromatic N) is 1. The van der Waals surface area contributed by atoms with E-state index in [-0.39, 0.29) is 17.2 Å². The predicted octanol–water partition coefficient (Wildman–Crippen LogP) is 3.07. The van der Waals surface area contributed by atoms with Gasteiger partial charge >= 0.3 is 0 Å². The summed E-state index contributed by atoms with van der Waals surface area (Å²) in [5, 5.41) is 11.2. The number of pyridine rings is 1. The second-order valence-electron chi connectivity index (χ2n) is 5.11. The largest absolute Gasteiger partial charge is 0.507 e. The Morgan fingerprint density at radius 2 is 2.11 bits per heavy atom. The molecular weight excluding hydrogens is 238 g/mol. The monoisotopic (exact) mass is 255 g/mol. The third kappa shape index (κ3) is 1.86. The van der Waals surface area contributed by atoms with Crippen LogP contribution in [-0.4, -0.2) is 9.67 Å². The van der Waals surface area contributed by atoms with Gasteiger partial charge in [0.2, 0.25) is 0 Å². The second-order valence-corrected chi connectivity index (χ2v) is 5.11. The fourth-order valence-corrected chi connectivity index (χ4v) is 2.89. The molecule has 3 rings (SSSR count). The number of fused-ring (bicyclic) bond motifs is 1. The van der Waals surface area contributed by atoms with Gasteiger partial charge in [-0.05, 0) is 31.4 Å². The van der Waals surface area contributed by atoms with Crippen LogP contribution in [0.1, 0.15) is 30.7 Å². The zero-order valence-electron chi connectivity index (χ0n) is 11.0. The fraction of sp³-hybridized carbons (Fsp3) is 0.312. The highest BCUT2D eigenvalue weighted by molar-refractivity contribution is 5.86. The summed E-state index contributed by atoms with van der Waals surface area (Å²) in [7, 11) is 1.76. The molecule has 0 fully saturated rings. The van der Waals surface area contributed by atoms with E-state index in [1.165, 1.54) is 0 Å². The smallest absolute Gasteiger partial charge is 0.258 e. The van der Waals surface area contributed by atoms with Crippen LogP contribution in [0, 0.1) is 0 Å². The highest BCUT2D eigenvalue weighted by Gasteiger charge is 2.22. The van der Waals surface area contributed by atoms with Crippen LogP contribution in [-0.2, 0) is 7.05 Å². The van der Waals surface area contributed by atoms with Crippen LogP contribution in [0.2, 0.25) is 0 Å². The van der Waals surface area contributed by atoms with Crippen molar-refractivity contribution in [2.75, 3.05) is 0 Å². The maximum atomic E-state index is 12.5. The van der Waals surface area contributed by atoms with Crippen molar-refractivity contribution in [2.45, 2.75) is 25.2 Å². The molecule has 0 aliphatic heterocycles. The first-order valence-electron chi connectivity index (χ1n) is 6.67. The van der Waals surface area contributed by atoms with Crippen molar-refractivity contribution in [1.82, 2.24) is 4.57 Å². The SMILES string of the molecule is Cn1c(=O)c([C@H]2C=CCCC2)c(O)c2ccccc21. The minimum Gasteiger partial charge on any atom is -0.507 e. The van der Waals surface area contributed by atoms with Crippen molar-refractivity contribution >= 4 is 10.9 Å². The number of aromatic hydroxyl groups is 1. The van der Waals surface area contributed by atoms with Gasteiger partial charge in [-0.1, -0.05) is 24.3 Å². The molecule has 1 aromatic carbocycles. The van der Waals surface area contributed by atoms with Gasteiger partial charge in [-0.15, -0.1) is 0 Å². The second kappa shape index (κ2) is 4.57. The molecule has 0 saturated carbocycles. The van der Waals surface area contributed by atoms with E-state index in [1.807, 2.05) is 24.3 Å². The number of para-hydroxylation sites is 1. The van der Waals surface area contributed by atoms with Crippen molar-refractivity contribution in [2.24, 2.45) is 7.05 Å². The highest BCUT2D eigenvalue weighted by Crippen LogP contribution is 2.35. The number of allylic oxidation sites excluding steroid dienone is 2. The summed E-state index contributed by atoms with van der Waals surface area (Å²) in [6.07, 6.45) is 7.20. The first-order chi connectivity index (χ1) is 9.20. The lowest BCUT2D eigenvalue weighted by atomic mass is 9.88. The maximum absolute atomic E-state index is 12.5. The van der Waals surface area contributed by atoms with Crippen LogP contribution >= 0.6 is 0 Å². The van der Waals surface area contributed by atoms with Crippen molar-refractivity contribution in [1.29, 1.82) is 0 Å². The Balaban J connectivity index is 2.33. The molecule has 98 valence electrons. The molecule has 0 unspecified atom stereocenters. The summed E-state index contributed by atoms with van der Waals surface area (Å²) in [5.74, 6) is 0.187.